The highest BCUT2D eigenvalue weighted by molar-refractivity contribution is 5.74. The number of carbonyl (C=O) groups is 1. The van der Waals surface area contributed by atoms with Gasteiger partial charge in [-0.3, -0.25) is 0 Å². The summed E-state index contributed by atoms with van der Waals surface area (Å²) in [6, 6.07) is 4.61. The van der Waals surface area contributed by atoms with E-state index in [9.17, 15) is 14.3 Å². The van der Waals surface area contributed by atoms with E-state index in [1.807, 2.05) is 13.0 Å². The largest absolute Gasteiger partial charge is 0.393 e. The molecule has 122 valence electrons. The molecular formula is C17H25FN2O2. The molecular weight excluding hydrogens is 283 g/mol. The number of hydrogen-bond acceptors (Lipinski definition) is 2. The zero-order valence-corrected chi connectivity index (χ0v) is 13.2. The fourth-order valence-electron chi connectivity index (χ4n) is 2.94. The standard InChI is InChI=1S/C17H25FN2O2/c1-3-12(21)9-10-19-17(22)20-16-11(2)7-8-13-14(16)5-4-6-15(13)18/h4-6,11-12,16,21H,3,7-10H2,1-2H3,(H2,19,20,22). The Morgan fingerprint density at radius 1 is 1.50 bits per heavy atom. The topological polar surface area (TPSA) is 61.4 Å². The van der Waals surface area contributed by atoms with Crippen LogP contribution in [-0.2, 0) is 6.42 Å². The van der Waals surface area contributed by atoms with Crippen molar-refractivity contribution in [2.24, 2.45) is 5.92 Å². The van der Waals surface area contributed by atoms with Crippen molar-refractivity contribution in [3.8, 4) is 0 Å². The van der Waals surface area contributed by atoms with E-state index in [1.54, 1.807) is 6.07 Å². The molecule has 0 radical (unpaired) electrons. The summed E-state index contributed by atoms with van der Waals surface area (Å²) in [5.74, 6) is 0.0731. The molecule has 0 bridgehead atoms. The number of carbonyl (C=O) groups excluding carboxylic acids is 1. The van der Waals surface area contributed by atoms with Crippen LogP contribution in [0.3, 0.4) is 0 Å². The van der Waals surface area contributed by atoms with Crippen molar-refractivity contribution in [1.82, 2.24) is 10.6 Å². The second-order valence-electron chi connectivity index (χ2n) is 6.05. The lowest BCUT2D eigenvalue weighted by Gasteiger charge is -2.32. The van der Waals surface area contributed by atoms with Crippen LogP contribution in [0.1, 0.15) is 50.3 Å². The highest BCUT2D eigenvalue weighted by Gasteiger charge is 2.29. The number of aliphatic hydroxyl groups excluding tert-OH is 1. The number of halogens is 1. The molecule has 2 amide bonds. The molecule has 1 aliphatic rings. The van der Waals surface area contributed by atoms with Crippen LogP contribution in [0, 0.1) is 11.7 Å². The predicted molar refractivity (Wildman–Crippen MR) is 84.1 cm³/mol. The van der Waals surface area contributed by atoms with Crippen LogP contribution < -0.4 is 10.6 Å². The van der Waals surface area contributed by atoms with Gasteiger partial charge in [-0.05, 0) is 48.8 Å². The van der Waals surface area contributed by atoms with E-state index >= 15 is 0 Å². The van der Waals surface area contributed by atoms with Gasteiger partial charge in [0.2, 0.25) is 0 Å². The Bertz CT molecular complexity index is 521. The molecule has 0 spiro atoms. The van der Waals surface area contributed by atoms with Crippen LogP contribution in [-0.4, -0.2) is 23.8 Å². The molecule has 0 fully saturated rings. The van der Waals surface area contributed by atoms with Gasteiger partial charge in [0.25, 0.3) is 0 Å². The number of benzene rings is 1. The van der Waals surface area contributed by atoms with E-state index in [1.165, 1.54) is 6.07 Å². The monoisotopic (exact) mass is 308 g/mol. The smallest absolute Gasteiger partial charge is 0.315 e. The van der Waals surface area contributed by atoms with Crippen LogP contribution >= 0.6 is 0 Å². The zero-order chi connectivity index (χ0) is 16.1. The van der Waals surface area contributed by atoms with Crippen molar-refractivity contribution in [1.29, 1.82) is 0 Å². The van der Waals surface area contributed by atoms with Crippen LogP contribution in [0.25, 0.3) is 0 Å². The average molecular weight is 308 g/mol. The Morgan fingerprint density at radius 3 is 3.00 bits per heavy atom. The lowest BCUT2D eigenvalue weighted by Crippen LogP contribution is -2.42. The molecule has 2 rings (SSSR count). The van der Waals surface area contributed by atoms with E-state index in [0.717, 1.165) is 12.0 Å². The molecule has 0 aliphatic heterocycles. The van der Waals surface area contributed by atoms with Crippen molar-refractivity contribution >= 4 is 6.03 Å². The van der Waals surface area contributed by atoms with Gasteiger partial charge < -0.3 is 15.7 Å². The van der Waals surface area contributed by atoms with Gasteiger partial charge in [0.15, 0.2) is 0 Å². The minimum absolute atomic E-state index is 0.171. The molecule has 0 saturated carbocycles. The van der Waals surface area contributed by atoms with Gasteiger partial charge in [0.05, 0.1) is 12.1 Å². The number of fused-ring (bicyclic) bond motifs is 1. The molecule has 3 N–H and O–H groups in total. The van der Waals surface area contributed by atoms with Gasteiger partial charge in [0.1, 0.15) is 5.82 Å². The average Bonchev–Trinajstić information content (AvgIpc) is 2.50. The van der Waals surface area contributed by atoms with Crippen molar-refractivity contribution in [3.05, 3.63) is 35.1 Å². The van der Waals surface area contributed by atoms with Gasteiger partial charge in [-0.25, -0.2) is 9.18 Å². The second kappa shape index (κ2) is 7.58. The third-order valence-electron chi connectivity index (χ3n) is 4.43. The normalized spacial score (nSPS) is 21.8. The minimum Gasteiger partial charge on any atom is -0.393 e. The summed E-state index contributed by atoms with van der Waals surface area (Å²) in [6.45, 7) is 4.40. The molecule has 0 aromatic heterocycles. The lowest BCUT2D eigenvalue weighted by atomic mass is 9.80. The maximum Gasteiger partial charge on any atom is 0.315 e. The number of hydrogen-bond donors (Lipinski definition) is 3. The minimum atomic E-state index is -0.385. The Kier molecular flexibility index (Phi) is 5.77. The van der Waals surface area contributed by atoms with Crippen molar-refractivity contribution in [2.75, 3.05) is 6.54 Å². The summed E-state index contributed by atoms with van der Waals surface area (Å²) < 4.78 is 13.9. The van der Waals surface area contributed by atoms with Crippen LogP contribution in [0.15, 0.2) is 18.2 Å². The van der Waals surface area contributed by atoms with Crippen molar-refractivity contribution in [3.63, 3.8) is 0 Å². The summed E-state index contributed by atoms with van der Waals surface area (Å²) in [4.78, 5) is 12.0. The van der Waals surface area contributed by atoms with E-state index in [4.69, 9.17) is 0 Å². The number of nitrogens with one attached hydrogen (secondary N) is 2. The highest BCUT2D eigenvalue weighted by atomic mass is 19.1. The van der Waals surface area contributed by atoms with Crippen molar-refractivity contribution < 1.29 is 14.3 Å². The first-order valence-electron chi connectivity index (χ1n) is 8.02. The fraction of sp³-hybridized carbons (Fsp3) is 0.588. The van der Waals surface area contributed by atoms with E-state index in [-0.39, 0.29) is 29.9 Å². The molecule has 4 nitrogen and oxygen atoms in total. The zero-order valence-electron chi connectivity index (χ0n) is 13.2. The van der Waals surface area contributed by atoms with Crippen LogP contribution in [0.5, 0.6) is 0 Å². The third-order valence-corrected chi connectivity index (χ3v) is 4.43. The summed E-state index contributed by atoms with van der Waals surface area (Å²) in [6.07, 6.45) is 2.40. The second-order valence-corrected chi connectivity index (χ2v) is 6.05. The maximum absolute atomic E-state index is 13.9. The highest BCUT2D eigenvalue weighted by Crippen LogP contribution is 2.35. The summed E-state index contributed by atoms with van der Waals surface area (Å²) in [5, 5.41) is 15.2. The molecule has 3 unspecified atom stereocenters. The van der Waals surface area contributed by atoms with Crippen molar-refractivity contribution in [2.45, 2.75) is 51.7 Å². The number of urea groups is 1. The SMILES string of the molecule is CCC(O)CCNC(=O)NC1c2cccc(F)c2CCC1C. The first-order valence-corrected chi connectivity index (χ1v) is 8.02. The van der Waals surface area contributed by atoms with Gasteiger partial charge in [-0.2, -0.15) is 0 Å². The molecule has 1 aliphatic carbocycles. The quantitative estimate of drug-likeness (QED) is 0.783. The van der Waals surface area contributed by atoms with Crippen LogP contribution in [0.4, 0.5) is 9.18 Å². The Hall–Kier alpha value is -1.62. The number of rotatable bonds is 5. The molecule has 0 heterocycles. The predicted octanol–water partition coefficient (Wildman–Crippen LogP) is 2.91. The summed E-state index contributed by atoms with van der Waals surface area (Å²) in [5.41, 5.74) is 1.59. The first-order chi connectivity index (χ1) is 10.5. The molecule has 3 atom stereocenters. The van der Waals surface area contributed by atoms with Gasteiger partial charge in [0, 0.05) is 6.54 Å². The molecule has 1 aromatic rings. The Morgan fingerprint density at radius 2 is 2.27 bits per heavy atom. The Labute approximate surface area is 131 Å². The van der Waals surface area contributed by atoms with E-state index < -0.39 is 0 Å². The van der Waals surface area contributed by atoms with Gasteiger partial charge in [-0.15, -0.1) is 0 Å². The number of amides is 2. The molecule has 0 saturated heterocycles. The van der Waals surface area contributed by atoms with Gasteiger partial charge >= 0.3 is 6.03 Å². The van der Waals surface area contributed by atoms with E-state index in [0.29, 0.717) is 31.4 Å². The van der Waals surface area contributed by atoms with Crippen LogP contribution in [0.2, 0.25) is 0 Å². The Balaban J connectivity index is 1.97. The van der Waals surface area contributed by atoms with E-state index in [2.05, 4.69) is 17.6 Å². The lowest BCUT2D eigenvalue weighted by molar-refractivity contribution is 0.159. The summed E-state index contributed by atoms with van der Waals surface area (Å²) >= 11 is 0. The maximum atomic E-state index is 13.9. The third kappa shape index (κ3) is 3.97. The summed E-state index contributed by atoms with van der Waals surface area (Å²) in [7, 11) is 0. The van der Waals surface area contributed by atoms with Gasteiger partial charge in [-0.1, -0.05) is 26.0 Å². The number of aliphatic hydroxyl groups is 1. The fourth-order valence-corrected chi connectivity index (χ4v) is 2.94. The first kappa shape index (κ1) is 16.7. The molecule has 22 heavy (non-hydrogen) atoms. The molecule has 5 heteroatoms. The molecule has 1 aromatic carbocycles.